The molecule has 0 saturated heterocycles. The first-order valence-corrected chi connectivity index (χ1v) is 9.08. The fourth-order valence-corrected chi connectivity index (χ4v) is 3.09. The lowest BCUT2D eigenvalue weighted by Gasteiger charge is -2.21. The van der Waals surface area contributed by atoms with E-state index in [0.717, 1.165) is 17.7 Å². The largest absolute Gasteiger partial charge is 0.333 e. The number of benzene rings is 1. The van der Waals surface area contributed by atoms with E-state index >= 15 is 0 Å². The molecule has 0 aliphatic carbocycles. The zero-order valence-electron chi connectivity index (χ0n) is 14.2. The van der Waals surface area contributed by atoms with Gasteiger partial charge in [-0.25, -0.2) is 13.2 Å². The lowest BCUT2D eigenvalue weighted by Crippen LogP contribution is -2.38. The van der Waals surface area contributed by atoms with Gasteiger partial charge in [0.05, 0.1) is 12.2 Å². The number of carbonyl (C=O) groups excluding carboxylic acids is 2. The zero-order chi connectivity index (χ0) is 19.1. The lowest BCUT2D eigenvalue weighted by atomic mass is 10.2. The minimum Gasteiger partial charge on any atom is -0.333 e. The minimum atomic E-state index is -1.65. The molecule has 0 unspecified atom stereocenters. The molecule has 2 aromatic rings. The van der Waals surface area contributed by atoms with Crippen LogP contribution in [-0.4, -0.2) is 29.8 Å². The molecular formula is C18H19F3N2O2S. The number of carbonyl (C=O) groups is 2. The van der Waals surface area contributed by atoms with Gasteiger partial charge in [-0.15, -0.1) is 0 Å². The van der Waals surface area contributed by atoms with Crippen molar-refractivity contribution in [3.8, 4) is 0 Å². The average molecular weight is 384 g/mol. The highest BCUT2D eigenvalue weighted by molar-refractivity contribution is 7.07. The molecule has 1 N–H and O–H groups in total. The van der Waals surface area contributed by atoms with Crippen LogP contribution in [0, 0.1) is 17.5 Å². The van der Waals surface area contributed by atoms with Gasteiger partial charge < -0.3 is 10.2 Å². The van der Waals surface area contributed by atoms with E-state index in [1.54, 1.807) is 11.3 Å². The lowest BCUT2D eigenvalue weighted by molar-refractivity contribution is -0.134. The number of anilines is 1. The Bertz CT molecular complexity index is 766. The van der Waals surface area contributed by atoms with Gasteiger partial charge in [-0.2, -0.15) is 11.3 Å². The van der Waals surface area contributed by atoms with Crippen molar-refractivity contribution in [2.24, 2.45) is 0 Å². The second kappa shape index (κ2) is 9.38. The van der Waals surface area contributed by atoms with E-state index in [1.807, 2.05) is 23.8 Å². The number of thiophene rings is 1. The molecule has 2 rings (SSSR count). The first-order valence-electron chi connectivity index (χ1n) is 8.14. The molecule has 0 saturated carbocycles. The van der Waals surface area contributed by atoms with E-state index in [4.69, 9.17) is 0 Å². The summed E-state index contributed by atoms with van der Waals surface area (Å²) in [4.78, 5) is 25.8. The number of rotatable bonds is 8. The van der Waals surface area contributed by atoms with Gasteiger partial charge in [0.2, 0.25) is 11.8 Å². The molecule has 0 aliphatic rings. The molecule has 1 aromatic carbocycles. The molecule has 0 aliphatic heterocycles. The number of nitrogens with zero attached hydrogens (tertiary/aromatic N) is 1. The maximum atomic E-state index is 13.6. The van der Waals surface area contributed by atoms with Gasteiger partial charge in [0.25, 0.3) is 0 Å². The molecule has 140 valence electrons. The van der Waals surface area contributed by atoms with E-state index in [-0.39, 0.29) is 18.9 Å². The van der Waals surface area contributed by atoms with Crippen LogP contribution in [0.4, 0.5) is 18.9 Å². The molecule has 0 radical (unpaired) electrons. The van der Waals surface area contributed by atoms with Gasteiger partial charge in [0, 0.05) is 13.0 Å². The fourth-order valence-electron chi connectivity index (χ4n) is 2.39. The second-order valence-corrected chi connectivity index (χ2v) is 6.50. The second-order valence-electron chi connectivity index (χ2n) is 5.72. The summed E-state index contributed by atoms with van der Waals surface area (Å²) >= 11 is 1.54. The SMILES string of the molecule is CCCN(CC(=O)Nc1ccc(F)c(F)c1F)C(=O)CCc1ccsc1. The minimum absolute atomic E-state index is 0.195. The van der Waals surface area contributed by atoms with E-state index in [1.165, 1.54) is 4.90 Å². The molecule has 1 heterocycles. The third kappa shape index (κ3) is 5.32. The summed E-state index contributed by atoms with van der Waals surface area (Å²) in [5.74, 6) is -5.33. The molecule has 0 fully saturated rings. The van der Waals surface area contributed by atoms with Crippen molar-refractivity contribution in [1.29, 1.82) is 0 Å². The summed E-state index contributed by atoms with van der Waals surface area (Å²) in [6.45, 7) is 1.96. The standard InChI is InChI=1S/C18H19F3N2O2S/c1-2-8-23(16(25)6-3-12-7-9-26-11-12)10-15(24)22-14-5-4-13(19)17(20)18(14)21/h4-5,7,9,11H,2-3,6,8,10H2,1H3,(H,22,24). The molecule has 4 nitrogen and oxygen atoms in total. The Hall–Kier alpha value is -2.35. The first kappa shape index (κ1) is 20.0. The average Bonchev–Trinajstić information content (AvgIpc) is 3.13. The third-order valence-electron chi connectivity index (χ3n) is 3.70. The van der Waals surface area contributed by atoms with Crippen molar-refractivity contribution in [2.45, 2.75) is 26.2 Å². The number of nitrogens with one attached hydrogen (secondary N) is 1. The Kier molecular flexibility index (Phi) is 7.20. The smallest absolute Gasteiger partial charge is 0.244 e. The van der Waals surface area contributed by atoms with E-state index in [0.29, 0.717) is 19.4 Å². The van der Waals surface area contributed by atoms with Crippen LogP contribution < -0.4 is 5.32 Å². The van der Waals surface area contributed by atoms with Crippen LogP contribution in [0.15, 0.2) is 29.0 Å². The Morgan fingerprint density at radius 3 is 2.58 bits per heavy atom. The van der Waals surface area contributed by atoms with Gasteiger partial charge >= 0.3 is 0 Å². The zero-order valence-corrected chi connectivity index (χ0v) is 15.0. The van der Waals surface area contributed by atoms with Crippen molar-refractivity contribution >= 4 is 28.8 Å². The molecule has 2 amide bonds. The quantitative estimate of drug-likeness (QED) is 0.700. The Labute approximate surface area is 153 Å². The molecule has 0 bridgehead atoms. The van der Waals surface area contributed by atoms with Gasteiger partial charge in [-0.05, 0) is 47.4 Å². The molecular weight excluding hydrogens is 365 g/mol. The highest BCUT2D eigenvalue weighted by Gasteiger charge is 2.19. The van der Waals surface area contributed by atoms with Crippen LogP contribution in [0.3, 0.4) is 0 Å². The van der Waals surface area contributed by atoms with E-state index in [9.17, 15) is 22.8 Å². The van der Waals surface area contributed by atoms with Crippen molar-refractivity contribution < 1.29 is 22.8 Å². The Morgan fingerprint density at radius 1 is 1.15 bits per heavy atom. The number of hydrogen-bond donors (Lipinski definition) is 1. The summed E-state index contributed by atoms with van der Waals surface area (Å²) in [7, 11) is 0. The van der Waals surface area contributed by atoms with E-state index < -0.39 is 29.0 Å². The highest BCUT2D eigenvalue weighted by atomic mass is 32.1. The van der Waals surface area contributed by atoms with Gasteiger partial charge in [-0.1, -0.05) is 6.92 Å². The molecule has 26 heavy (non-hydrogen) atoms. The van der Waals surface area contributed by atoms with Crippen molar-refractivity contribution in [1.82, 2.24) is 4.90 Å². The Balaban J connectivity index is 1.96. The van der Waals surface area contributed by atoms with Crippen LogP contribution in [0.5, 0.6) is 0 Å². The summed E-state index contributed by atoms with van der Waals surface area (Å²) in [5, 5.41) is 6.06. The normalized spacial score (nSPS) is 10.6. The number of amides is 2. The predicted octanol–water partition coefficient (Wildman–Crippen LogP) is 3.98. The van der Waals surface area contributed by atoms with Crippen LogP contribution in [-0.2, 0) is 16.0 Å². The molecule has 8 heteroatoms. The van der Waals surface area contributed by atoms with E-state index in [2.05, 4.69) is 5.32 Å². The summed E-state index contributed by atoms with van der Waals surface area (Å²) in [5.41, 5.74) is 0.587. The van der Waals surface area contributed by atoms with Gasteiger partial charge in [0.15, 0.2) is 17.5 Å². The number of hydrogen-bond acceptors (Lipinski definition) is 3. The number of halogens is 3. The van der Waals surface area contributed by atoms with Crippen LogP contribution in [0.1, 0.15) is 25.3 Å². The van der Waals surface area contributed by atoms with Crippen molar-refractivity contribution in [3.63, 3.8) is 0 Å². The van der Waals surface area contributed by atoms with Crippen molar-refractivity contribution in [3.05, 3.63) is 52.0 Å². The summed E-state index contributed by atoms with van der Waals surface area (Å²) < 4.78 is 39.8. The van der Waals surface area contributed by atoms with Crippen LogP contribution in [0.2, 0.25) is 0 Å². The monoisotopic (exact) mass is 384 g/mol. The summed E-state index contributed by atoms with van der Waals surface area (Å²) in [6.07, 6.45) is 1.47. The topological polar surface area (TPSA) is 49.4 Å². The number of aryl methyl sites for hydroxylation is 1. The Morgan fingerprint density at radius 2 is 1.92 bits per heavy atom. The molecule has 0 atom stereocenters. The van der Waals surface area contributed by atoms with Crippen LogP contribution in [0.25, 0.3) is 0 Å². The molecule has 1 aromatic heterocycles. The highest BCUT2D eigenvalue weighted by Crippen LogP contribution is 2.19. The first-order chi connectivity index (χ1) is 12.4. The van der Waals surface area contributed by atoms with Crippen molar-refractivity contribution in [2.75, 3.05) is 18.4 Å². The molecule has 0 spiro atoms. The van der Waals surface area contributed by atoms with Crippen LogP contribution >= 0.6 is 11.3 Å². The predicted molar refractivity (Wildman–Crippen MR) is 94.5 cm³/mol. The van der Waals surface area contributed by atoms with Gasteiger partial charge in [0.1, 0.15) is 0 Å². The maximum absolute atomic E-state index is 13.6. The fraction of sp³-hybridized carbons (Fsp3) is 0.333. The van der Waals surface area contributed by atoms with Gasteiger partial charge in [-0.3, -0.25) is 9.59 Å². The third-order valence-corrected chi connectivity index (χ3v) is 4.43. The summed E-state index contributed by atoms with van der Waals surface area (Å²) in [6, 6.07) is 3.60. The maximum Gasteiger partial charge on any atom is 0.244 e.